The average Bonchev–Trinajstić information content (AvgIpc) is 2.39. The Labute approximate surface area is 111 Å². The fourth-order valence-corrected chi connectivity index (χ4v) is 1.80. The predicted octanol–water partition coefficient (Wildman–Crippen LogP) is 2.65. The van der Waals surface area contributed by atoms with Crippen molar-refractivity contribution < 1.29 is 15.0 Å². The third kappa shape index (κ3) is 3.25. The molecule has 4 nitrogen and oxygen atoms in total. The van der Waals surface area contributed by atoms with Crippen LogP contribution < -0.4 is 4.90 Å². The van der Waals surface area contributed by atoms with Gasteiger partial charge in [0.25, 0.3) is 0 Å². The molecule has 4 heteroatoms. The molecule has 2 aromatic rings. The van der Waals surface area contributed by atoms with Gasteiger partial charge in [0.2, 0.25) is 5.91 Å². The lowest BCUT2D eigenvalue weighted by Gasteiger charge is -2.21. The van der Waals surface area contributed by atoms with E-state index in [2.05, 4.69) is 0 Å². The van der Waals surface area contributed by atoms with Crippen molar-refractivity contribution in [3.8, 4) is 11.5 Å². The summed E-state index contributed by atoms with van der Waals surface area (Å²) >= 11 is 0. The minimum Gasteiger partial charge on any atom is -0.508 e. The largest absolute Gasteiger partial charge is 0.508 e. The molecule has 0 aliphatic rings. The summed E-state index contributed by atoms with van der Waals surface area (Å²) in [5.41, 5.74) is 1.64. The second-order valence-electron chi connectivity index (χ2n) is 4.29. The van der Waals surface area contributed by atoms with Crippen LogP contribution in [0.5, 0.6) is 11.5 Å². The van der Waals surface area contributed by atoms with Gasteiger partial charge in [-0.2, -0.15) is 0 Å². The number of carbonyl (C=O) groups is 1. The topological polar surface area (TPSA) is 60.8 Å². The summed E-state index contributed by atoms with van der Waals surface area (Å²) in [6.45, 7) is 1.91. The van der Waals surface area contributed by atoms with Crippen LogP contribution in [-0.4, -0.2) is 16.1 Å². The minimum atomic E-state index is -0.0845. The zero-order chi connectivity index (χ0) is 13.8. The van der Waals surface area contributed by atoms with E-state index in [-0.39, 0.29) is 17.4 Å². The quantitative estimate of drug-likeness (QED) is 0.888. The molecule has 0 saturated heterocycles. The van der Waals surface area contributed by atoms with Gasteiger partial charge in [-0.1, -0.05) is 12.1 Å². The number of anilines is 1. The summed E-state index contributed by atoms with van der Waals surface area (Å²) in [4.78, 5) is 13.3. The molecule has 0 aromatic heterocycles. The molecule has 1 amide bonds. The molecular formula is C15H15NO3. The smallest absolute Gasteiger partial charge is 0.224 e. The molecular weight excluding hydrogens is 242 g/mol. The Bertz CT molecular complexity index is 561. The van der Waals surface area contributed by atoms with Gasteiger partial charge in [-0.05, 0) is 42.0 Å². The van der Waals surface area contributed by atoms with Crippen molar-refractivity contribution in [2.75, 3.05) is 4.90 Å². The molecule has 0 radical (unpaired) electrons. The average molecular weight is 257 g/mol. The number of aromatic hydroxyl groups is 2. The van der Waals surface area contributed by atoms with E-state index >= 15 is 0 Å². The van der Waals surface area contributed by atoms with Crippen LogP contribution in [-0.2, 0) is 11.3 Å². The number of hydrogen-bond donors (Lipinski definition) is 2. The summed E-state index contributed by atoms with van der Waals surface area (Å²) in [6, 6.07) is 13.2. The lowest BCUT2D eigenvalue weighted by Crippen LogP contribution is -2.27. The van der Waals surface area contributed by atoms with Gasteiger partial charge in [-0.25, -0.2) is 0 Å². The Morgan fingerprint density at radius 2 is 1.42 bits per heavy atom. The molecule has 0 spiro atoms. The predicted molar refractivity (Wildman–Crippen MR) is 73.1 cm³/mol. The van der Waals surface area contributed by atoms with Gasteiger partial charge in [-0.3, -0.25) is 4.79 Å². The molecule has 0 aliphatic carbocycles. The number of phenols is 2. The minimum absolute atomic E-state index is 0.0845. The van der Waals surface area contributed by atoms with Crippen molar-refractivity contribution in [1.29, 1.82) is 0 Å². The highest BCUT2D eigenvalue weighted by Gasteiger charge is 2.12. The summed E-state index contributed by atoms with van der Waals surface area (Å²) in [5, 5.41) is 18.5. The lowest BCUT2D eigenvalue weighted by atomic mass is 10.2. The Morgan fingerprint density at radius 3 is 1.89 bits per heavy atom. The molecule has 2 aromatic carbocycles. The van der Waals surface area contributed by atoms with E-state index in [1.165, 1.54) is 6.92 Å². The Kier molecular flexibility index (Phi) is 3.71. The van der Waals surface area contributed by atoms with Crippen molar-refractivity contribution in [2.24, 2.45) is 0 Å². The van der Waals surface area contributed by atoms with Crippen LogP contribution in [0.3, 0.4) is 0 Å². The van der Waals surface area contributed by atoms with Gasteiger partial charge in [0.1, 0.15) is 11.5 Å². The monoisotopic (exact) mass is 257 g/mol. The van der Waals surface area contributed by atoms with Crippen molar-refractivity contribution in [3.63, 3.8) is 0 Å². The van der Waals surface area contributed by atoms with Gasteiger partial charge >= 0.3 is 0 Å². The standard InChI is InChI=1S/C15H15NO3/c1-11(17)16(13-4-8-15(19)9-5-13)10-12-2-6-14(18)7-3-12/h2-9,18-19H,10H2,1H3. The number of carbonyl (C=O) groups excluding carboxylic acids is 1. The lowest BCUT2D eigenvalue weighted by molar-refractivity contribution is -0.116. The number of hydrogen-bond acceptors (Lipinski definition) is 3. The molecule has 98 valence electrons. The third-order valence-corrected chi connectivity index (χ3v) is 2.82. The van der Waals surface area contributed by atoms with E-state index in [0.29, 0.717) is 6.54 Å². The second kappa shape index (κ2) is 5.44. The van der Waals surface area contributed by atoms with Crippen LogP contribution in [0.15, 0.2) is 48.5 Å². The summed E-state index contributed by atoms with van der Waals surface area (Å²) in [5.74, 6) is 0.276. The first-order valence-electron chi connectivity index (χ1n) is 5.91. The summed E-state index contributed by atoms with van der Waals surface area (Å²) in [7, 11) is 0. The number of phenolic OH excluding ortho intramolecular Hbond substituents is 2. The van der Waals surface area contributed by atoms with E-state index in [4.69, 9.17) is 0 Å². The zero-order valence-electron chi connectivity index (χ0n) is 10.6. The maximum atomic E-state index is 11.7. The van der Waals surface area contributed by atoms with E-state index in [1.54, 1.807) is 53.4 Å². The molecule has 0 unspecified atom stereocenters. The fraction of sp³-hybridized carbons (Fsp3) is 0.133. The highest BCUT2D eigenvalue weighted by Crippen LogP contribution is 2.21. The normalized spacial score (nSPS) is 10.2. The van der Waals surface area contributed by atoms with E-state index in [1.807, 2.05) is 0 Å². The summed E-state index contributed by atoms with van der Waals surface area (Å²) < 4.78 is 0. The maximum absolute atomic E-state index is 11.7. The number of nitrogens with zero attached hydrogens (tertiary/aromatic N) is 1. The first-order chi connectivity index (χ1) is 9.06. The number of rotatable bonds is 3. The number of amides is 1. The fourth-order valence-electron chi connectivity index (χ4n) is 1.80. The molecule has 0 fully saturated rings. The van der Waals surface area contributed by atoms with Gasteiger partial charge in [0.05, 0.1) is 6.54 Å². The summed E-state index contributed by atoms with van der Waals surface area (Å²) in [6.07, 6.45) is 0. The Morgan fingerprint density at radius 1 is 0.947 bits per heavy atom. The van der Waals surface area contributed by atoms with Crippen LogP contribution in [0.25, 0.3) is 0 Å². The number of benzene rings is 2. The van der Waals surface area contributed by atoms with Gasteiger partial charge in [-0.15, -0.1) is 0 Å². The van der Waals surface area contributed by atoms with Crippen LogP contribution >= 0.6 is 0 Å². The zero-order valence-corrected chi connectivity index (χ0v) is 10.6. The molecule has 2 N–H and O–H groups in total. The molecule has 19 heavy (non-hydrogen) atoms. The molecule has 0 atom stereocenters. The van der Waals surface area contributed by atoms with Crippen LogP contribution in [0.4, 0.5) is 5.69 Å². The van der Waals surface area contributed by atoms with Gasteiger partial charge in [0.15, 0.2) is 0 Å². The third-order valence-electron chi connectivity index (χ3n) is 2.82. The molecule has 2 rings (SSSR count). The van der Waals surface area contributed by atoms with Gasteiger partial charge in [0, 0.05) is 12.6 Å². The molecule has 0 aliphatic heterocycles. The second-order valence-corrected chi connectivity index (χ2v) is 4.29. The SMILES string of the molecule is CC(=O)N(Cc1ccc(O)cc1)c1ccc(O)cc1. The first-order valence-corrected chi connectivity index (χ1v) is 5.91. The van der Waals surface area contributed by atoms with Crippen molar-refractivity contribution in [1.82, 2.24) is 0 Å². The van der Waals surface area contributed by atoms with Gasteiger partial charge < -0.3 is 15.1 Å². The van der Waals surface area contributed by atoms with Crippen molar-refractivity contribution in [3.05, 3.63) is 54.1 Å². The highest BCUT2D eigenvalue weighted by molar-refractivity contribution is 5.91. The highest BCUT2D eigenvalue weighted by atomic mass is 16.3. The molecule has 0 bridgehead atoms. The molecule has 0 saturated carbocycles. The maximum Gasteiger partial charge on any atom is 0.224 e. The van der Waals surface area contributed by atoms with Crippen molar-refractivity contribution >= 4 is 11.6 Å². The van der Waals surface area contributed by atoms with Crippen LogP contribution in [0.2, 0.25) is 0 Å². The van der Waals surface area contributed by atoms with E-state index < -0.39 is 0 Å². The van der Waals surface area contributed by atoms with E-state index in [9.17, 15) is 15.0 Å². The Hall–Kier alpha value is -2.49. The van der Waals surface area contributed by atoms with Crippen LogP contribution in [0, 0.1) is 0 Å². The van der Waals surface area contributed by atoms with E-state index in [0.717, 1.165) is 11.3 Å². The molecule has 0 heterocycles. The van der Waals surface area contributed by atoms with Crippen molar-refractivity contribution in [2.45, 2.75) is 13.5 Å². The van der Waals surface area contributed by atoms with Crippen LogP contribution in [0.1, 0.15) is 12.5 Å². The Balaban J connectivity index is 2.23. The first kappa shape index (κ1) is 13.0.